The maximum atomic E-state index is 5.75. The van der Waals surface area contributed by atoms with Crippen LogP contribution in [-0.2, 0) is 4.84 Å². The van der Waals surface area contributed by atoms with Gasteiger partial charge in [0.25, 0.3) is 0 Å². The highest BCUT2D eigenvalue weighted by Crippen LogP contribution is 2.18. The average molecular weight is 291 g/mol. The molecule has 5 heteroatoms. The van der Waals surface area contributed by atoms with Crippen molar-refractivity contribution in [3.8, 4) is 5.75 Å². The van der Waals surface area contributed by atoms with Crippen LogP contribution in [0.15, 0.2) is 29.4 Å². The highest BCUT2D eigenvalue weighted by atomic mass is 79.9. The fourth-order valence-corrected chi connectivity index (χ4v) is 1.77. The third kappa shape index (κ3) is 3.11. The van der Waals surface area contributed by atoms with E-state index in [9.17, 15) is 0 Å². The number of ether oxygens (including phenoxy) is 1. The summed E-state index contributed by atoms with van der Waals surface area (Å²) in [4.78, 5) is 5.10. The lowest BCUT2D eigenvalue weighted by Gasteiger charge is -2.09. The summed E-state index contributed by atoms with van der Waals surface area (Å²) in [5.41, 5.74) is 0. The fraction of sp³-hybridized carbons (Fsp3) is 0.300. The van der Waals surface area contributed by atoms with Crippen molar-refractivity contribution in [2.45, 2.75) is 12.5 Å². The van der Waals surface area contributed by atoms with Crippen molar-refractivity contribution in [3.05, 3.63) is 29.3 Å². The Morgan fingerprint density at radius 3 is 2.80 bits per heavy atom. The van der Waals surface area contributed by atoms with E-state index >= 15 is 0 Å². The Balaban J connectivity index is 1.81. The molecule has 0 radical (unpaired) electrons. The molecule has 0 aromatic heterocycles. The molecule has 80 valence electrons. The van der Waals surface area contributed by atoms with Crippen molar-refractivity contribution in [2.75, 3.05) is 6.61 Å². The van der Waals surface area contributed by atoms with Gasteiger partial charge in [-0.1, -0.05) is 16.8 Å². The zero-order chi connectivity index (χ0) is 10.7. The first-order valence-corrected chi connectivity index (χ1v) is 5.68. The maximum Gasteiger partial charge on any atom is 0.167 e. The molecule has 15 heavy (non-hydrogen) atoms. The minimum atomic E-state index is -0.00458. The van der Waals surface area contributed by atoms with Gasteiger partial charge in [0.15, 0.2) is 6.10 Å². The van der Waals surface area contributed by atoms with E-state index in [1.807, 2.05) is 12.1 Å². The Morgan fingerprint density at radius 2 is 2.20 bits per heavy atom. The zero-order valence-corrected chi connectivity index (χ0v) is 10.2. The topological polar surface area (TPSA) is 30.8 Å². The standard InChI is InChI=1S/C10H9BrClNO2/c11-10-5-9(15-13-10)6-14-8-3-1-7(12)2-4-8/h1-4,9H,5-6H2. The summed E-state index contributed by atoms with van der Waals surface area (Å²) < 4.78 is 6.34. The molecule has 0 bridgehead atoms. The van der Waals surface area contributed by atoms with Crippen LogP contribution in [0.1, 0.15) is 6.42 Å². The van der Waals surface area contributed by atoms with Gasteiger partial charge in [-0.15, -0.1) is 0 Å². The van der Waals surface area contributed by atoms with Gasteiger partial charge in [-0.25, -0.2) is 0 Å². The number of oxime groups is 1. The van der Waals surface area contributed by atoms with Gasteiger partial charge in [-0.3, -0.25) is 0 Å². The second kappa shape index (κ2) is 4.86. The molecule has 3 nitrogen and oxygen atoms in total. The highest BCUT2D eigenvalue weighted by Gasteiger charge is 2.19. The van der Waals surface area contributed by atoms with Crippen LogP contribution in [0.2, 0.25) is 5.02 Å². The quantitative estimate of drug-likeness (QED) is 0.856. The first kappa shape index (κ1) is 10.8. The van der Waals surface area contributed by atoms with E-state index in [1.165, 1.54) is 0 Å². The van der Waals surface area contributed by atoms with Crippen LogP contribution in [0, 0.1) is 0 Å². The number of benzene rings is 1. The first-order chi connectivity index (χ1) is 7.24. The molecule has 0 saturated heterocycles. The summed E-state index contributed by atoms with van der Waals surface area (Å²) in [5, 5.41) is 4.48. The molecule has 0 aliphatic carbocycles. The summed E-state index contributed by atoms with van der Waals surface area (Å²) in [5.74, 6) is 0.783. The van der Waals surface area contributed by atoms with Gasteiger partial charge >= 0.3 is 0 Å². The van der Waals surface area contributed by atoms with Crippen molar-refractivity contribution in [1.82, 2.24) is 0 Å². The van der Waals surface area contributed by atoms with Crippen LogP contribution in [0.5, 0.6) is 5.75 Å². The van der Waals surface area contributed by atoms with Gasteiger partial charge in [0.1, 0.15) is 17.0 Å². The summed E-state index contributed by atoms with van der Waals surface area (Å²) >= 11 is 9.02. The van der Waals surface area contributed by atoms with Crippen molar-refractivity contribution in [1.29, 1.82) is 0 Å². The predicted molar refractivity (Wildman–Crippen MR) is 62.8 cm³/mol. The van der Waals surface area contributed by atoms with Gasteiger partial charge in [-0.2, -0.15) is 0 Å². The molecule has 1 atom stereocenters. The van der Waals surface area contributed by atoms with E-state index in [0.29, 0.717) is 11.6 Å². The summed E-state index contributed by atoms with van der Waals surface area (Å²) in [6, 6.07) is 7.23. The van der Waals surface area contributed by atoms with Gasteiger partial charge < -0.3 is 9.57 Å². The normalized spacial score (nSPS) is 19.6. The lowest BCUT2D eigenvalue weighted by Crippen LogP contribution is -2.17. The Kier molecular flexibility index (Phi) is 3.49. The third-order valence-electron chi connectivity index (χ3n) is 1.95. The summed E-state index contributed by atoms with van der Waals surface area (Å²) in [7, 11) is 0. The Labute approximate surface area is 101 Å². The molecule has 0 fully saturated rings. The van der Waals surface area contributed by atoms with Crippen LogP contribution in [0.3, 0.4) is 0 Å². The summed E-state index contributed by atoms with van der Waals surface area (Å²) in [6.45, 7) is 0.486. The largest absolute Gasteiger partial charge is 0.490 e. The van der Waals surface area contributed by atoms with Crippen molar-refractivity contribution < 1.29 is 9.57 Å². The molecule has 1 unspecified atom stereocenters. The molecule has 0 saturated carbocycles. The van der Waals surface area contributed by atoms with Crippen LogP contribution in [0.4, 0.5) is 0 Å². The van der Waals surface area contributed by atoms with Crippen LogP contribution in [0.25, 0.3) is 0 Å². The number of nitrogens with zero attached hydrogens (tertiary/aromatic N) is 1. The number of halogens is 2. The minimum Gasteiger partial charge on any atom is -0.490 e. The van der Waals surface area contributed by atoms with Crippen molar-refractivity contribution >= 4 is 32.2 Å². The van der Waals surface area contributed by atoms with Crippen LogP contribution < -0.4 is 4.74 Å². The monoisotopic (exact) mass is 289 g/mol. The maximum absolute atomic E-state index is 5.75. The fourth-order valence-electron chi connectivity index (χ4n) is 1.20. The molecule has 1 aliphatic heterocycles. The smallest absolute Gasteiger partial charge is 0.167 e. The first-order valence-electron chi connectivity index (χ1n) is 4.50. The Morgan fingerprint density at radius 1 is 1.47 bits per heavy atom. The molecule has 0 spiro atoms. The molecule has 1 aromatic carbocycles. The lowest BCUT2D eigenvalue weighted by atomic mass is 10.3. The van der Waals surface area contributed by atoms with Gasteiger partial charge in [0.05, 0.1) is 0 Å². The second-order valence-electron chi connectivity index (χ2n) is 3.16. The van der Waals surface area contributed by atoms with E-state index in [4.69, 9.17) is 21.2 Å². The summed E-state index contributed by atoms with van der Waals surface area (Å²) in [6.07, 6.45) is 0.753. The van der Waals surface area contributed by atoms with Crippen molar-refractivity contribution in [3.63, 3.8) is 0 Å². The molecular formula is C10H9BrClNO2. The predicted octanol–water partition coefficient (Wildman–Crippen LogP) is 3.22. The highest BCUT2D eigenvalue weighted by molar-refractivity contribution is 9.18. The number of rotatable bonds is 3. The SMILES string of the molecule is Clc1ccc(OCC2CC(Br)=NO2)cc1. The van der Waals surface area contributed by atoms with Gasteiger partial charge in [-0.05, 0) is 40.2 Å². The lowest BCUT2D eigenvalue weighted by molar-refractivity contribution is 0.0471. The molecule has 0 amide bonds. The van der Waals surface area contributed by atoms with E-state index in [0.717, 1.165) is 16.8 Å². The minimum absolute atomic E-state index is 0.00458. The van der Waals surface area contributed by atoms with E-state index in [1.54, 1.807) is 12.1 Å². The molecule has 2 rings (SSSR count). The Bertz CT molecular complexity index is 366. The number of hydrogen-bond donors (Lipinski definition) is 0. The molecule has 1 heterocycles. The average Bonchev–Trinajstić information content (AvgIpc) is 2.64. The van der Waals surface area contributed by atoms with Crippen LogP contribution >= 0.6 is 27.5 Å². The van der Waals surface area contributed by atoms with Gasteiger partial charge in [0.2, 0.25) is 0 Å². The molecule has 1 aromatic rings. The van der Waals surface area contributed by atoms with Crippen molar-refractivity contribution in [2.24, 2.45) is 5.16 Å². The van der Waals surface area contributed by atoms with Crippen LogP contribution in [-0.4, -0.2) is 17.3 Å². The zero-order valence-electron chi connectivity index (χ0n) is 7.82. The third-order valence-corrected chi connectivity index (χ3v) is 2.67. The van der Waals surface area contributed by atoms with Gasteiger partial charge in [0, 0.05) is 11.4 Å². The van der Waals surface area contributed by atoms with E-state index in [2.05, 4.69) is 21.1 Å². The second-order valence-corrected chi connectivity index (χ2v) is 4.52. The molecule has 1 aliphatic rings. The van der Waals surface area contributed by atoms with E-state index in [-0.39, 0.29) is 6.10 Å². The van der Waals surface area contributed by atoms with E-state index < -0.39 is 0 Å². The molecular weight excluding hydrogens is 281 g/mol. The Hall–Kier alpha value is -0.740. The number of hydrogen-bond acceptors (Lipinski definition) is 3. The molecule has 0 N–H and O–H groups in total.